The van der Waals surface area contributed by atoms with E-state index in [2.05, 4.69) is 9.73 Å². The molecule has 0 bridgehead atoms. The molecule has 4 heteroatoms. The molecule has 0 saturated carbocycles. The first-order chi connectivity index (χ1) is 4.34. The van der Waals surface area contributed by atoms with Crippen LogP contribution in [0, 0.1) is 0 Å². The Balaban J connectivity index is 2.64. The second kappa shape index (κ2) is 2.21. The van der Waals surface area contributed by atoms with Crippen LogP contribution in [0.25, 0.3) is 0 Å². The van der Waals surface area contributed by atoms with Crippen LogP contribution < -0.4 is 0 Å². The first-order valence-corrected chi connectivity index (χ1v) is 2.23. The second-order valence-corrected chi connectivity index (χ2v) is 1.33. The highest BCUT2D eigenvalue weighted by atomic mass is 16.5. The summed E-state index contributed by atoms with van der Waals surface area (Å²) in [5.74, 6) is -0.535. The van der Waals surface area contributed by atoms with E-state index >= 15 is 0 Å². The van der Waals surface area contributed by atoms with Crippen molar-refractivity contribution in [2.24, 2.45) is 4.99 Å². The van der Waals surface area contributed by atoms with Crippen LogP contribution in [0.15, 0.2) is 16.8 Å². The molecule has 0 aromatic heterocycles. The van der Waals surface area contributed by atoms with Crippen LogP contribution in [0.3, 0.4) is 0 Å². The Kier molecular flexibility index (Phi) is 1.40. The predicted molar refractivity (Wildman–Crippen MR) is 28.7 cm³/mol. The largest absolute Gasteiger partial charge is 0.423 e. The summed E-state index contributed by atoms with van der Waals surface area (Å²) in [4.78, 5) is 23.3. The lowest BCUT2D eigenvalue weighted by Gasteiger charge is -1.89. The molecule has 1 heterocycles. The average molecular weight is 125 g/mol. The first-order valence-electron chi connectivity index (χ1n) is 2.23. The van der Waals surface area contributed by atoms with E-state index in [0.29, 0.717) is 0 Å². The molecular formula is C5H3NO3. The summed E-state index contributed by atoms with van der Waals surface area (Å²) in [5.41, 5.74) is 0. The standard InChI is InChI=1S/C5H3NO3/c7-3-9-4-1-2-6-5(4)8/h1-3H. The van der Waals surface area contributed by atoms with Gasteiger partial charge >= 0.3 is 5.91 Å². The van der Waals surface area contributed by atoms with Gasteiger partial charge in [-0.05, 0) is 0 Å². The molecule has 0 unspecified atom stereocenters. The number of hydrogen-bond acceptors (Lipinski definition) is 3. The molecule has 1 aliphatic heterocycles. The van der Waals surface area contributed by atoms with Crippen LogP contribution in [0.1, 0.15) is 0 Å². The fraction of sp³-hybridized carbons (Fsp3) is 0. The minimum Gasteiger partial charge on any atom is -0.423 e. The van der Waals surface area contributed by atoms with E-state index in [1.807, 2.05) is 0 Å². The van der Waals surface area contributed by atoms with Crippen molar-refractivity contribution < 1.29 is 14.3 Å². The molecule has 4 nitrogen and oxygen atoms in total. The van der Waals surface area contributed by atoms with Gasteiger partial charge in [-0.2, -0.15) is 0 Å². The number of allylic oxidation sites excluding steroid dienone is 1. The molecule has 0 radical (unpaired) electrons. The smallest absolute Gasteiger partial charge is 0.312 e. The molecule has 0 saturated heterocycles. The summed E-state index contributed by atoms with van der Waals surface area (Å²) in [5, 5.41) is 0. The fourth-order valence-electron chi connectivity index (χ4n) is 0.449. The number of nitrogens with zero attached hydrogens (tertiary/aromatic N) is 1. The summed E-state index contributed by atoms with van der Waals surface area (Å²) >= 11 is 0. The van der Waals surface area contributed by atoms with Gasteiger partial charge in [0.05, 0.1) is 0 Å². The van der Waals surface area contributed by atoms with Gasteiger partial charge in [-0.15, -0.1) is 0 Å². The van der Waals surface area contributed by atoms with Gasteiger partial charge < -0.3 is 4.74 Å². The maximum absolute atomic E-state index is 10.4. The summed E-state index contributed by atoms with van der Waals surface area (Å²) in [6.07, 6.45) is 2.61. The van der Waals surface area contributed by atoms with Gasteiger partial charge in [-0.1, -0.05) is 0 Å². The molecule has 0 aliphatic carbocycles. The molecule has 46 valence electrons. The number of amides is 1. The van der Waals surface area contributed by atoms with Gasteiger partial charge in [0.15, 0.2) is 5.76 Å². The summed E-state index contributed by atoms with van der Waals surface area (Å²) in [6, 6.07) is 0. The summed E-state index contributed by atoms with van der Waals surface area (Å²) in [6.45, 7) is 0.193. The third-order valence-electron chi connectivity index (χ3n) is 0.804. The van der Waals surface area contributed by atoms with Crippen molar-refractivity contribution in [3.8, 4) is 0 Å². The van der Waals surface area contributed by atoms with E-state index in [4.69, 9.17) is 0 Å². The van der Waals surface area contributed by atoms with Crippen molar-refractivity contribution in [3.63, 3.8) is 0 Å². The van der Waals surface area contributed by atoms with E-state index in [1.54, 1.807) is 0 Å². The lowest BCUT2D eigenvalue weighted by atomic mass is 10.5. The summed E-state index contributed by atoms with van der Waals surface area (Å²) < 4.78 is 4.22. The Morgan fingerprint density at radius 2 is 2.44 bits per heavy atom. The van der Waals surface area contributed by atoms with Gasteiger partial charge in [0, 0.05) is 12.3 Å². The molecule has 0 fully saturated rings. The average Bonchev–Trinajstić information content (AvgIpc) is 2.18. The molecule has 1 amide bonds. The van der Waals surface area contributed by atoms with Gasteiger partial charge in [0.2, 0.25) is 0 Å². The number of hydrogen-bond donors (Lipinski definition) is 0. The molecule has 9 heavy (non-hydrogen) atoms. The number of carbonyl (C=O) groups is 2. The van der Waals surface area contributed by atoms with Crippen molar-refractivity contribution >= 4 is 18.6 Å². The van der Waals surface area contributed by atoms with Crippen LogP contribution in [0.4, 0.5) is 0 Å². The minimum atomic E-state index is -0.512. The van der Waals surface area contributed by atoms with E-state index in [9.17, 15) is 9.59 Å². The molecule has 1 aliphatic rings. The Hall–Kier alpha value is -1.45. The number of ether oxygens (including phenoxy) is 1. The quantitative estimate of drug-likeness (QED) is 0.474. The number of rotatable bonds is 2. The van der Waals surface area contributed by atoms with E-state index in [1.165, 1.54) is 12.3 Å². The third kappa shape index (κ3) is 1.02. The zero-order valence-electron chi connectivity index (χ0n) is 4.40. The van der Waals surface area contributed by atoms with Crippen LogP contribution in [-0.2, 0) is 14.3 Å². The van der Waals surface area contributed by atoms with Crippen molar-refractivity contribution in [1.82, 2.24) is 0 Å². The maximum Gasteiger partial charge on any atom is 0.312 e. The SMILES string of the molecule is O=COC1=CC=NC1=O. The fourth-order valence-corrected chi connectivity index (χ4v) is 0.449. The van der Waals surface area contributed by atoms with Crippen LogP contribution in [0.5, 0.6) is 0 Å². The van der Waals surface area contributed by atoms with Crippen LogP contribution >= 0.6 is 0 Å². The van der Waals surface area contributed by atoms with Crippen molar-refractivity contribution in [1.29, 1.82) is 0 Å². The van der Waals surface area contributed by atoms with Crippen LogP contribution in [-0.4, -0.2) is 18.6 Å². The first kappa shape index (κ1) is 5.68. The van der Waals surface area contributed by atoms with Gasteiger partial charge in [0.25, 0.3) is 6.47 Å². The Bertz CT molecular complexity index is 204. The van der Waals surface area contributed by atoms with Crippen molar-refractivity contribution in [2.45, 2.75) is 0 Å². The molecule has 0 atom stereocenters. The third-order valence-corrected chi connectivity index (χ3v) is 0.804. The van der Waals surface area contributed by atoms with Gasteiger partial charge in [0.1, 0.15) is 0 Å². The molecule has 0 spiro atoms. The highest BCUT2D eigenvalue weighted by Crippen LogP contribution is 2.01. The molecule has 0 aromatic carbocycles. The monoisotopic (exact) mass is 125 g/mol. The lowest BCUT2D eigenvalue weighted by molar-refractivity contribution is -0.130. The highest BCUT2D eigenvalue weighted by Gasteiger charge is 2.11. The Labute approximate surface area is 50.8 Å². The Morgan fingerprint density at radius 1 is 1.67 bits per heavy atom. The van der Waals surface area contributed by atoms with Crippen LogP contribution in [0.2, 0.25) is 0 Å². The normalized spacial score (nSPS) is 15.6. The predicted octanol–water partition coefficient (Wildman–Crippen LogP) is -0.346. The van der Waals surface area contributed by atoms with Gasteiger partial charge in [-0.3, -0.25) is 9.59 Å². The highest BCUT2D eigenvalue weighted by molar-refractivity contribution is 6.06. The van der Waals surface area contributed by atoms with E-state index in [-0.39, 0.29) is 12.2 Å². The molecule has 1 rings (SSSR count). The lowest BCUT2D eigenvalue weighted by Crippen LogP contribution is -1.97. The second-order valence-electron chi connectivity index (χ2n) is 1.33. The topological polar surface area (TPSA) is 55.7 Å². The van der Waals surface area contributed by atoms with Gasteiger partial charge in [-0.25, -0.2) is 4.99 Å². The van der Waals surface area contributed by atoms with Crippen molar-refractivity contribution in [3.05, 3.63) is 11.8 Å². The summed E-state index contributed by atoms with van der Waals surface area (Å²) in [7, 11) is 0. The molecule has 0 aromatic rings. The van der Waals surface area contributed by atoms with Crippen molar-refractivity contribution in [2.75, 3.05) is 0 Å². The number of carbonyl (C=O) groups excluding carboxylic acids is 2. The van der Waals surface area contributed by atoms with E-state index in [0.717, 1.165) is 0 Å². The van der Waals surface area contributed by atoms with E-state index < -0.39 is 5.91 Å². The minimum absolute atomic E-state index is 0.0231. The zero-order chi connectivity index (χ0) is 6.69. The maximum atomic E-state index is 10.4. The molecular weight excluding hydrogens is 122 g/mol. The zero-order valence-corrected chi connectivity index (χ0v) is 4.40. The Morgan fingerprint density at radius 3 is 2.89 bits per heavy atom. The number of aliphatic imine (C=N–C) groups is 1. The molecule has 0 N–H and O–H groups in total.